The standard InChI is InChI=1S/C14H20O4/c1-4-5-6-9-18-13-10-11(14(15)17-3)7-8-12(13)16-2/h7-8,10H,4-6,9H2,1-3H3. The topological polar surface area (TPSA) is 44.8 Å². The van der Waals surface area contributed by atoms with Crippen LogP contribution in [0.5, 0.6) is 11.5 Å². The summed E-state index contributed by atoms with van der Waals surface area (Å²) in [4.78, 5) is 11.4. The number of methoxy groups -OCH3 is 2. The smallest absolute Gasteiger partial charge is 0.337 e. The van der Waals surface area contributed by atoms with E-state index in [0.29, 0.717) is 23.7 Å². The van der Waals surface area contributed by atoms with Gasteiger partial charge in [-0.05, 0) is 24.6 Å². The highest BCUT2D eigenvalue weighted by molar-refractivity contribution is 5.90. The monoisotopic (exact) mass is 252 g/mol. The molecule has 0 fully saturated rings. The second-order valence-electron chi connectivity index (χ2n) is 3.91. The van der Waals surface area contributed by atoms with Crippen LogP contribution in [0, 0.1) is 0 Å². The third-order valence-corrected chi connectivity index (χ3v) is 2.59. The van der Waals surface area contributed by atoms with E-state index in [1.807, 2.05) is 0 Å². The van der Waals surface area contributed by atoms with Crippen LogP contribution in [-0.4, -0.2) is 26.8 Å². The minimum atomic E-state index is -0.379. The Morgan fingerprint density at radius 1 is 1.17 bits per heavy atom. The highest BCUT2D eigenvalue weighted by Crippen LogP contribution is 2.28. The second-order valence-corrected chi connectivity index (χ2v) is 3.91. The van der Waals surface area contributed by atoms with E-state index >= 15 is 0 Å². The largest absolute Gasteiger partial charge is 0.493 e. The number of benzene rings is 1. The Bertz CT molecular complexity index is 387. The number of esters is 1. The summed E-state index contributed by atoms with van der Waals surface area (Å²) < 4.78 is 15.5. The molecule has 0 bridgehead atoms. The average molecular weight is 252 g/mol. The maximum absolute atomic E-state index is 11.4. The molecule has 0 aromatic heterocycles. The molecule has 0 N–H and O–H groups in total. The number of ether oxygens (including phenoxy) is 3. The summed E-state index contributed by atoms with van der Waals surface area (Å²) in [7, 11) is 2.93. The van der Waals surface area contributed by atoms with Gasteiger partial charge in [-0.25, -0.2) is 4.79 Å². The molecule has 0 spiro atoms. The zero-order chi connectivity index (χ0) is 13.4. The van der Waals surface area contributed by atoms with Crippen molar-refractivity contribution in [3.63, 3.8) is 0 Å². The molecule has 18 heavy (non-hydrogen) atoms. The molecular formula is C14H20O4. The molecule has 1 aromatic rings. The van der Waals surface area contributed by atoms with Crippen LogP contribution < -0.4 is 9.47 Å². The fourth-order valence-corrected chi connectivity index (χ4v) is 1.57. The molecular weight excluding hydrogens is 232 g/mol. The van der Waals surface area contributed by atoms with Crippen LogP contribution in [0.15, 0.2) is 18.2 Å². The van der Waals surface area contributed by atoms with E-state index in [2.05, 4.69) is 11.7 Å². The van der Waals surface area contributed by atoms with Crippen molar-refractivity contribution in [2.24, 2.45) is 0 Å². The zero-order valence-corrected chi connectivity index (χ0v) is 11.2. The fraction of sp³-hybridized carbons (Fsp3) is 0.500. The van der Waals surface area contributed by atoms with Gasteiger partial charge in [0.05, 0.1) is 26.4 Å². The van der Waals surface area contributed by atoms with E-state index in [-0.39, 0.29) is 5.97 Å². The first-order valence-corrected chi connectivity index (χ1v) is 6.12. The third-order valence-electron chi connectivity index (χ3n) is 2.59. The van der Waals surface area contributed by atoms with E-state index in [1.54, 1.807) is 25.3 Å². The molecule has 0 atom stereocenters. The lowest BCUT2D eigenvalue weighted by atomic mass is 10.2. The molecule has 0 saturated carbocycles. The lowest BCUT2D eigenvalue weighted by Gasteiger charge is -2.11. The van der Waals surface area contributed by atoms with Crippen molar-refractivity contribution in [3.8, 4) is 11.5 Å². The van der Waals surface area contributed by atoms with Gasteiger partial charge in [-0.1, -0.05) is 19.8 Å². The van der Waals surface area contributed by atoms with Gasteiger partial charge >= 0.3 is 5.97 Å². The summed E-state index contributed by atoms with van der Waals surface area (Å²) in [6.45, 7) is 2.76. The van der Waals surface area contributed by atoms with Crippen molar-refractivity contribution in [1.29, 1.82) is 0 Å². The Morgan fingerprint density at radius 2 is 1.94 bits per heavy atom. The summed E-state index contributed by atoms with van der Waals surface area (Å²) in [6, 6.07) is 5.02. The summed E-state index contributed by atoms with van der Waals surface area (Å²) in [5.74, 6) is 0.826. The van der Waals surface area contributed by atoms with Gasteiger partial charge in [-0.3, -0.25) is 0 Å². The van der Waals surface area contributed by atoms with E-state index in [0.717, 1.165) is 19.3 Å². The van der Waals surface area contributed by atoms with E-state index < -0.39 is 0 Å². The van der Waals surface area contributed by atoms with Gasteiger partial charge in [0.2, 0.25) is 0 Å². The van der Waals surface area contributed by atoms with Crippen LogP contribution in [0.1, 0.15) is 36.5 Å². The summed E-state index contributed by atoms with van der Waals surface area (Å²) in [5, 5.41) is 0. The molecule has 0 saturated heterocycles. The zero-order valence-electron chi connectivity index (χ0n) is 11.2. The fourth-order valence-electron chi connectivity index (χ4n) is 1.57. The highest BCUT2D eigenvalue weighted by atomic mass is 16.5. The number of hydrogen-bond acceptors (Lipinski definition) is 4. The lowest BCUT2D eigenvalue weighted by molar-refractivity contribution is 0.0600. The van der Waals surface area contributed by atoms with Gasteiger partial charge in [0.15, 0.2) is 11.5 Å². The van der Waals surface area contributed by atoms with Gasteiger partial charge in [0.25, 0.3) is 0 Å². The molecule has 1 rings (SSSR count). The minimum Gasteiger partial charge on any atom is -0.493 e. The van der Waals surface area contributed by atoms with Crippen molar-refractivity contribution in [2.45, 2.75) is 26.2 Å². The second kappa shape index (κ2) is 7.58. The predicted molar refractivity (Wildman–Crippen MR) is 69.4 cm³/mol. The Morgan fingerprint density at radius 3 is 2.56 bits per heavy atom. The summed E-state index contributed by atoms with van der Waals surface area (Å²) in [6.07, 6.45) is 3.25. The first-order chi connectivity index (χ1) is 8.72. The summed E-state index contributed by atoms with van der Waals surface area (Å²) >= 11 is 0. The van der Waals surface area contributed by atoms with Crippen molar-refractivity contribution in [2.75, 3.05) is 20.8 Å². The van der Waals surface area contributed by atoms with E-state index in [9.17, 15) is 4.79 Å². The maximum Gasteiger partial charge on any atom is 0.337 e. The number of carbonyl (C=O) groups excluding carboxylic acids is 1. The van der Waals surface area contributed by atoms with Crippen molar-refractivity contribution >= 4 is 5.97 Å². The van der Waals surface area contributed by atoms with E-state index in [4.69, 9.17) is 9.47 Å². The van der Waals surface area contributed by atoms with Crippen LogP contribution in [0.2, 0.25) is 0 Å². The first kappa shape index (κ1) is 14.4. The lowest BCUT2D eigenvalue weighted by Crippen LogP contribution is -2.04. The molecule has 0 amide bonds. The predicted octanol–water partition coefficient (Wildman–Crippen LogP) is 3.05. The Balaban J connectivity index is 2.75. The first-order valence-electron chi connectivity index (χ1n) is 6.12. The van der Waals surface area contributed by atoms with Crippen molar-refractivity contribution < 1.29 is 19.0 Å². The molecule has 0 heterocycles. The average Bonchev–Trinajstić information content (AvgIpc) is 2.42. The number of rotatable bonds is 7. The van der Waals surface area contributed by atoms with Gasteiger partial charge in [0, 0.05) is 0 Å². The Labute approximate surface area is 108 Å². The molecule has 0 aliphatic carbocycles. The molecule has 4 heteroatoms. The van der Waals surface area contributed by atoms with E-state index in [1.165, 1.54) is 7.11 Å². The number of hydrogen-bond donors (Lipinski definition) is 0. The molecule has 100 valence electrons. The Hall–Kier alpha value is -1.71. The molecule has 1 aromatic carbocycles. The van der Waals surface area contributed by atoms with Gasteiger partial charge < -0.3 is 14.2 Å². The van der Waals surface area contributed by atoms with Gasteiger partial charge in [-0.2, -0.15) is 0 Å². The SMILES string of the molecule is CCCCCOc1cc(C(=O)OC)ccc1OC. The molecule has 0 aliphatic rings. The third kappa shape index (κ3) is 3.95. The van der Waals surface area contributed by atoms with Gasteiger partial charge in [0.1, 0.15) is 0 Å². The summed E-state index contributed by atoms with van der Waals surface area (Å²) in [5.41, 5.74) is 0.462. The minimum absolute atomic E-state index is 0.379. The van der Waals surface area contributed by atoms with Crippen molar-refractivity contribution in [1.82, 2.24) is 0 Å². The normalized spacial score (nSPS) is 9.94. The van der Waals surface area contributed by atoms with Crippen molar-refractivity contribution in [3.05, 3.63) is 23.8 Å². The van der Waals surface area contributed by atoms with Crippen LogP contribution in [-0.2, 0) is 4.74 Å². The number of unbranched alkanes of at least 4 members (excludes halogenated alkanes) is 2. The highest BCUT2D eigenvalue weighted by Gasteiger charge is 2.11. The van der Waals surface area contributed by atoms with Crippen LogP contribution in [0.3, 0.4) is 0 Å². The molecule has 0 radical (unpaired) electrons. The van der Waals surface area contributed by atoms with Crippen LogP contribution in [0.4, 0.5) is 0 Å². The van der Waals surface area contributed by atoms with Crippen LogP contribution in [0.25, 0.3) is 0 Å². The molecule has 4 nitrogen and oxygen atoms in total. The van der Waals surface area contributed by atoms with Gasteiger partial charge in [-0.15, -0.1) is 0 Å². The molecule has 0 aliphatic heterocycles. The quantitative estimate of drug-likeness (QED) is 0.552. The van der Waals surface area contributed by atoms with Crippen LogP contribution >= 0.6 is 0 Å². The Kier molecular flexibility index (Phi) is 6.05. The molecule has 0 unspecified atom stereocenters. The number of carbonyl (C=O) groups is 1. The maximum atomic E-state index is 11.4.